The number of rotatable bonds is 0. The highest BCUT2D eigenvalue weighted by atomic mass is 35.5. The Morgan fingerprint density at radius 3 is 2.67 bits per heavy atom. The number of hydrogen-bond acceptors (Lipinski definition) is 3. The van der Waals surface area contributed by atoms with E-state index in [1.807, 2.05) is 0 Å². The van der Waals surface area contributed by atoms with E-state index in [9.17, 15) is 0 Å². The lowest BCUT2D eigenvalue weighted by atomic mass is 11.0. The first kappa shape index (κ1) is 3.77. The van der Waals surface area contributed by atoms with Gasteiger partial charge < -0.3 is 5.43 Å². The molecule has 1 aliphatic rings. The van der Waals surface area contributed by atoms with Gasteiger partial charge in [0.05, 0.1) is 6.20 Å². The fraction of sp³-hybridized carbons (Fsp3) is 0. The van der Waals surface area contributed by atoms with Crippen molar-refractivity contribution in [1.29, 1.82) is 0 Å². The number of hydrazine groups is 2. The maximum Gasteiger partial charge on any atom is 0.135 e. The van der Waals surface area contributed by atoms with Crippen LogP contribution >= 0.6 is 11.6 Å². The van der Waals surface area contributed by atoms with E-state index in [-0.39, 0.29) is 0 Å². The summed E-state index contributed by atoms with van der Waals surface area (Å²) in [4.78, 5) is 0. The van der Waals surface area contributed by atoms with Gasteiger partial charge in [-0.05, 0) is 0 Å². The lowest BCUT2D eigenvalue weighted by Crippen LogP contribution is -2.30. The summed E-state index contributed by atoms with van der Waals surface area (Å²) in [6.45, 7) is 0. The Kier molecular flexibility index (Phi) is 0.856. The number of halogens is 1. The summed E-state index contributed by atoms with van der Waals surface area (Å²) in [6.07, 6.45) is 1.61. The Hall–Kier alpha value is -0.410. The van der Waals surface area contributed by atoms with E-state index in [0.717, 1.165) is 0 Å². The lowest BCUT2D eigenvalue weighted by Gasteiger charge is -1.89. The molecule has 1 rings (SSSR count). The molecule has 0 unspecified atom stereocenters. The third-order valence-corrected chi connectivity index (χ3v) is 0.657. The monoisotopic (exact) mass is 105 g/mol. The SMILES string of the molecule is ClC1=CNNN1. The summed E-state index contributed by atoms with van der Waals surface area (Å²) >= 11 is 5.34. The van der Waals surface area contributed by atoms with Gasteiger partial charge in [0.15, 0.2) is 0 Å². The molecule has 3 N–H and O–H groups in total. The lowest BCUT2D eigenvalue weighted by molar-refractivity contribution is 0.610. The fourth-order valence-electron chi connectivity index (χ4n) is 0.231. The number of hydrogen-bond donors (Lipinski definition) is 3. The van der Waals surface area contributed by atoms with E-state index < -0.39 is 0 Å². The zero-order valence-corrected chi connectivity index (χ0v) is 3.71. The van der Waals surface area contributed by atoms with Gasteiger partial charge in [0, 0.05) is 0 Å². The Balaban J connectivity index is 2.45. The third-order valence-electron chi connectivity index (χ3n) is 0.453. The van der Waals surface area contributed by atoms with Gasteiger partial charge in [-0.1, -0.05) is 11.6 Å². The quantitative estimate of drug-likeness (QED) is 0.368. The van der Waals surface area contributed by atoms with Gasteiger partial charge in [-0.25, -0.2) is 0 Å². The van der Waals surface area contributed by atoms with E-state index in [2.05, 4.69) is 16.4 Å². The highest BCUT2D eigenvalue weighted by Crippen LogP contribution is 1.91. The second-order valence-corrected chi connectivity index (χ2v) is 1.29. The second-order valence-electron chi connectivity index (χ2n) is 0.887. The van der Waals surface area contributed by atoms with Gasteiger partial charge in [0.25, 0.3) is 0 Å². The molecule has 0 bridgehead atoms. The molecule has 6 heavy (non-hydrogen) atoms. The first-order valence-corrected chi connectivity index (χ1v) is 1.89. The minimum atomic E-state index is 0.579. The molecule has 0 aromatic carbocycles. The van der Waals surface area contributed by atoms with Crippen molar-refractivity contribution < 1.29 is 0 Å². The van der Waals surface area contributed by atoms with Crippen molar-refractivity contribution >= 4 is 11.6 Å². The van der Waals surface area contributed by atoms with Crippen molar-refractivity contribution in [3.05, 3.63) is 11.4 Å². The molecule has 3 nitrogen and oxygen atoms in total. The summed E-state index contributed by atoms with van der Waals surface area (Å²) in [5, 5.41) is 0.579. The highest BCUT2D eigenvalue weighted by molar-refractivity contribution is 6.29. The van der Waals surface area contributed by atoms with E-state index in [0.29, 0.717) is 5.16 Å². The first-order chi connectivity index (χ1) is 2.89. The summed E-state index contributed by atoms with van der Waals surface area (Å²) < 4.78 is 0. The summed E-state index contributed by atoms with van der Waals surface area (Å²) in [7, 11) is 0. The molecule has 0 saturated heterocycles. The first-order valence-electron chi connectivity index (χ1n) is 1.52. The largest absolute Gasteiger partial charge is 0.308 e. The molecule has 1 heterocycles. The summed E-state index contributed by atoms with van der Waals surface area (Å²) in [6, 6.07) is 0. The van der Waals surface area contributed by atoms with E-state index in [1.165, 1.54) is 0 Å². The maximum atomic E-state index is 5.34. The van der Waals surface area contributed by atoms with Crippen molar-refractivity contribution in [1.82, 2.24) is 16.4 Å². The van der Waals surface area contributed by atoms with Gasteiger partial charge in [0.1, 0.15) is 5.16 Å². The minimum absolute atomic E-state index is 0.579. The Labute approximate surface area is 40.3 Å². The van der Waals surface area contributed by atoms with Crippen LogP contribution in [0, 0.1) is 0 Å². The molecule has 0 aromatic heterocycles. The highest BCUT2D eigenvalue weighted by Gasteiger charge is 1.91. The molecule has 0 saturated carbocycles. The van der Waals surface area contributed by atoms with Crippen LogP contribution in [0.1, 0.15) is 0 Å². The Morgan fingerprint density at radius 2 is 2.50 bits per heavy atom. The van der Waals surface area contributed by atoms with Crippen LogP contribution in [-0.4, -0.2) is 0 Å². The Morgan fingerprint density at radius 1 is 1.67 bits per heavy atom. The van der Waals surface area contributed by atoms with Crippen molar-refractivity contribution in [2.45, 2.75) is 0 Å². The molecule has 0 amide bonds. The van der Waals surface area contributed by atoms with Crippen LogP contribution in [-0.2, 0) is 0 Å². The zero-order valence-electron chi connectivity index (χ0n) is 2.96. The predicted octanol–water partition coefficient (Wildman–Crippen LogP) is -0.364. The minimum Gasteiger partial charge on any atom is -0.308 e. The van der Waals surface area contributed by atoms with Crippen LogP contribution in [0.25, 0.3) is 0 Å². The van der Waals surface area contributed by atoms with Crippen molar-refractivity contribution in [3.63, 3.8) is 0 Å². The molecular formula is C2H4ClN3. The molecule has 0 fully saturated rings. The standard InChI is InChI=1S/C2H4ClN3/c3-2-1-4-6-5-2/h1,4-6H. The molecule has 0 radical (unpaired) electrons. The van der Waals surface area contributed by atoms with Gasteiger partial charge in [0.2, 0.25) is 0 Å². The van der Waals surface area contributed by atoms with Crippen molar-refractivity contribution in [2.75, 3.05) is 0 Å². The van der Waals surface area contributed by atoms with E-state index >= 15 is 0 Å². The molecule has 34 valence electrons. The van der Waals surface area contributed by atoms with Crippen LogP contribution < -0.4 is 16.4 Å². The smallest absolute Gasteiger partial charge is 0.135 e. The van der Waals surface area contributed by atoms with Gasteiger partial charge >= 0.3 is 0 Å². The average Bonchev–Trinajstić information content (AvgIpc) is 1.86. The molecule has 0 aliphatic carbocycles. The van der Waals surface area contributed by atoms with Crippen molar-refractivity contribution in [2.24, 2.45) is 0 Å². The van der Waals surface area contributed by atoms with Crippen molar-refractivity contribution in [3.8, 4) is 0 Å². The van der Waals surface area contributed by atoms with Crippen LogP contribution in [0.3, 0.4) is 0 Å². The second kappa shape index (κ2) is 1.36. The molecule has 1 aliphatic heterocycles. The molecule has 0 spiro atoms. The maximum absolute atomic E-state index is 5.34. The van der Waals surface area contributed by atoms with Gasteiger partial charge in [-0.3, -0.25) is 5.43 Å². The van der Waals surface area contributed by atoms with Crippen LogP contribution in [0.4, 0.5) is 0 Å². The van der Waals surface area contributed by atoms with Crippen LogP contribution in [0.5, 0.6) is 0 Å². The molecule has 0 atom stereocenters. The molecular weight excluding hydrogens is 101 g/mol. The molecule has 0 aromatic rings. The van der Waals surface area contributed by atoms with E-state index in [4.69, 9.17) is 11.6 Å². The van der Waals surface area contributed by atoms with Crippen LogP contribution in [0.2, 0.25) is 0 Å². The van der Waals surface area contributed by atoms with Crippen LogP contribution in [0.15, 0.2) is 11.4 Å². The summed E-state index contributed by atoms with van der Waals surface area (Å²) in [5.41, 5.74) is 7.75. The van der Waals surface area contributed by atoms with Gasteiger partial charge in [-0.15, -0.1) is 5.53 Å². The van der Waals surface area contributed by atoms with Gasteiger partial charge in [-0.2, -0.15) is 0 Å². The average molecular weight is 106 g/mol. The molecule has 4 heteroatoms. The zero-order chi connectivity index (χ0) is 4.41. The summed E-state index contributed by atoms with van der Waals surface area (Å²) in [5.74, 6) is 0. The number of nitrogens with one attached hydrogen (secondary N) is 3. The third kappa shape index (κ3) is 0.555. The fourth-order valence-corrected chi connectivity index (χ4v) is 0.333. The topological polar surface area (TPSA) is 36.1 Å². The van der Waals surface area contributed by atoms with E-state index in [1.54, 1.807) is 6.20 Å². The normalized spacial score (nSPS) is 18.5. The predicted molar refractivity (Wildman–Crippen MR) is 23.3 cm³/mol. The Bertz CT molecular complexity index is 78.9.